The Morgan fingerprint density at radius 2 is 2.09 bits per heavy atom. The number of rotatable bonds is 5. The van der Waals surface area contributed by atoms with Gasteiger partial charge in [-0.15, -0.1) is 0 Å². The summed E-state index contributed by atoms with van der Waals surface area (Å²) in [6.07, 6.45) is 8.75. The van der Waals surface area contributed by atoms with Crippen LogP contribution in [-0.2, 0) is 4.79 Å². The second-order valence-electron chi connectivity index (χ2n) is 8.47. The van der Waals surface area contributed by atoms with Crippen LogP contribution >= 0.6 is 0 Å². The van der Waals surface area contributed by atoms with E-state index in [2.05, 4.69) is 27.4 Å². The van der Waals surface area contributed by atoms with E-state index in [-0.39, 0.29) is 5.41 Å². The molecular weight excluding hydrogens is 272 g/mol. The highest BCUT2D eigenvalue weighted by atomic mass is 16.4. The van der Waals surface area contributed by atoms with E-state index in [1.165, 1.54) is 31.3 Å². The largest absolute Gasteiger partial charge is 0.481 e. The van der Waals surface area contributed by atoms with Gasteiger partial charge >= 0.3 is 5.97 Å². The van der Waals surface area contributed by atoms with Gasteiger partial charge in [0.25, 0.3) is 0 Å². The molecule has 0 aromatic heterocycles. The number of carboxylic acid groups (broad SMARTS) is 1. The quantitative estimate of drug-likeness (QED) is 0.664. The van der Waals surface area contributed by atoms with E-state index in [0.29, 0.717) is 11.8 Å². The molecule has 0 bridgehead atoms. The van der Waals surface area contributed by atoms with Crippen molar-refractivity contribution in [3.8, 4) is 0 Å². The zero-order valence-corrected chi connectivity index (χ0v) is 15.0. The van der Waals surface area contributed by atoms with Crippen molar-refractivity contribution in [3.05, 3.63) is 12.2 Å². The summed E-state index contributed by atoms with van der Waals surface area (Å²) < 4.78 is 0. The van der Waals surface area contributed by atoms with Gasteiger partial charge in [-0.3, -0.25) is 4.79 Å². The van der Waals surface area contributed by atoms with E-state index < -0.39 is 11.4 Å². The summed E-state index contributed by atoms with van der Waals surface area (Å²) in [6, 6.07) is 0. The van der Waals surface area contributed by atoms with E-state index in [1.807, 2.05) is 6.92 Å². The van der Waals surface area contributed by atoms with E-state index >= 15 is 0 Å². The number of allylic oxidation sites excluding steroid dienone is 1. The third-order valence-corrected chi connectivity index (χ3v) is 7.15. The maximum Gasteiger partial charge on any atom is 0.309 e. The van der Waals surface area contributed by atoms with Gasteiger partial charge < -0.3 is 5.11 Å². The lowest BCUT2D eigenvalue weighted by molar-refractivity contribution is -0.164. The lowest BCUT2D eigenvalue weighted by Crippen LogP contribution is -2.53. The van der Waals surface area contributed by atoms with Gasteiger partial charge in [-0.2, -0.15) is 0 Å². The highest BCUT2D eigenvalue weighted by Gasteiger charge is 2.57. The molecule has 1 unspecified atom stereocenters. The Bertz CT molecular complexity index is 441. The third-order valence-electron chi connectivity index (χ3n) is 7.15. The van der Waals surface area contributed by atoms with Crippen molar-refractivity contribution in [3.63, 3.8) is 0 Å². The molecule has 0 aliphatic heterocycles. The summed E-state index contributed by atoms with van der Waals surface area (Å²) >= 11 is 0. The average molecular weight is 306 g/mol. The van der Waals surface area contributed by atoms with E-state index in [1.54, 1.807) is 0 Å². The van der Waals surface area contributed by atoms with Crippen molar-refractivity contribution < 1.29 is 9.90 Å². The zero-order valence-electron chi connectivity index (χ0n) is 15.0. The Morgan fingerprint density at radius 1 is 1.41 bits per heavy atom. The van der Waals surface area contributed by atoms with Gasteiger partial charge in [0.15, 0.2) is 0 Å². The molecule has 5 atom stereocenters. The highest BCUT2D eigenvalue weighted by Crippen LogP contribution is 2.62. The lowest BCUT2D eigenvalue weighted by atomic mass is 9.46. The number of carbonyl (C=O) groups is 1. The zero-order chi connectivity index (χ0) is 16.5. The molecule has 0 amide bonds. The minimum absolute atomic E-state index is 0.133. The molecule has 0 spiro atoms. The van der Waals surface area contributed by atoms with Gasteiger partial charge in [0.05, 0.1) is 5.41 Å². The van der Waals surface area contributed by atoms with E-state index in [0.717, 1.165) is 31.6 Å². The molecule has 2 nitrogen and oxygen atoms in total. The van der Waals surface area contributed by atoms with Crippen molar-refractivity contribution in [2.24, 2.45) is 28.6 Å². The highest BCUT2D eigenvalue weighted by molar-refractivity contribution is 5.75. The first kappa shape index (κ1) is 17.6. The van der Waals surface area contributed by atoms with Crippen molar-refractivity contribution in [2.45, 2.75) is 79.1 Å². The smallest absolute Gasteiger partial charge is 0.309 e. The molecule has 2 heteroatoms. The summed E-state index contributed by atoms with van der Waals surface area (Å²) in [5.74, 6) is 0.987. The van der Waals surface area contributed by atoms with Crippen LogP contribution in [0, 0.1) is 28.6 Å². The fourth-order valence-electron chi connectivity index (χ4n) is 5.39. The minimum Gasteiger partial charge on any atom is -0.481 e. The maximum absolute atomic E-state index is 12.0. The van der Waals surface area contributed by atoms with Crippen molar-refractivity contribution in [1.82, 2.24) is 0 Å². The summed E-state index contributed by atoms with van der Waals surface area (Å²) in [4.78, 5) is 12.0. The van der Waals surface area contributed by atoms with Gasteiger partial charge in [0.1, 0.15) is 0 Å². The molecule has 0 aromatic carbocycles. The van der Waals surface area contributed by atoms with Gasteiger partial charge in [-0.25, -0.2) is 0 Å². The first-order chi connectivity index (χ1) is 10.3. The second kappa shape index (κ2) is 6.37. The molecule has 2 aliphatic rings. The normalized spacial score (nSPS) is 40.1. The minimum atomic E-state index is -0.586. The molecule has 126 valence electrons. The molecule has 2 saturated carbocycles. The average Bonchev–Trinajstić information content (AvgIpc) is 2.45. The number of hydrogen-bond donors (Lipinski definition) is 1. The number of hydrogen-bond acceptors (Lipinski definition) is 1. The number of aliphatic carboxylic acids is 1. The van der Waals surface area contributed by atoms with Crippen LogP contribution < -0.4 is 0 Å². The molecule has 0 saturated heterocycles. The molecule has 0 aromatic rings. The molecule has 2 rings (SSSR count). The van der Waals surface area contributed by atoms with Crippen LogP contribution in [0.2, 0.25) is 0 Å². The molecule has 22 heavy (non-hydrogen) atoms. The number of fused-ring (bicyclic) bond motifs is 1. The van der Waals surface area contributed by atoms with Crippen LogP contribution in [0.15, 0.2) is 12.2 Å². The Labute approximate surface area is 136 Å². The Hall–Kier alpha value is -0.790. The van der Waals surface area contributed by atoms with Crippen molar-refractivity contribution >= 4 is 5.97 Å². The summed E-state index contributed by atoms with van der Waals surface area (Å²) in [6.45, 7) is 13.3. The predicted molar refractivity (Wildman–Crippen MR) is 91.7 cm³/mol. The van der Waals surface area contributed by atoms with Crippen LogP contribution in [-0.4, -0.2) is 11.1 Å². The summed E-state index contributed by atoms with van der Waals surface area (Å²) in [5.41, 5.74) is 0.980. The van der Waals surface area contributed by atoms with Crippen LogP contribution in [0.5, 0.6) is 0 Å². The van der Waals surface area contributed by atoms with Crippen LogP contribution in [0.25, 0.3) is 0 Å². The van der Waals surface area contributed by atoms with Crippen molar-refractivity contribution in [1.29, 1.82) is 0 Å². The van der Waals surface area contributed by atoms with Crippen molar-refractivity contribution in [2.75, 3.05) is 0 Å². The Morgan fingerprint density at radius 3 is 2.68 bits per heavy atom. The molecular formula is C20H34O2. The predicted octanol–water partition coefficient (Wildman–Crippen LogP) is 5.68. The van der Waals surface area contributed by atoms with E-state index in [9.17, 15) is 9.90 Å². The van der Waals surface area contributed by atoms with Gasteiger partial charge in [0, 0.05) is 0 Å². The topological polar surface area (TPSA) is 37.3 Å². The van der Waals surface area contributed by atoms with E-state index in [4.69, 9.17) is 0 Å². The van der Waals surface area contributed by atoms with Crippen LogP contribution in [0.1, 0.15) is 79.1 Å². The fraction of sp³-hybridized carbons (Fsp3) is 0.850. The fourth-order valence-corrected chi connectivity index (χ4v) is 5.39. The Kier molecular flexibility index (Phi) is 5.09. The molecule has 0 heterocycles. The molecule has 0 radical (unpaired) electrons. The first-order valence-electron chi connectivity index (χ1n) is 9.16. The van der Waals surface area contributed by atoms with Crippen LogP contribution in [0.3, 0.4) is 0 Å². The molecule has 1 N–H and O–H groups in total. The summed E-state index contributed by atoms with van der Waals surface area (Å²) in [7, 11) is 0. The molecule has 2 fully saturated rings. The SMILES string of the molecule is C=C1CCC2[C@](C)(C(=O)O)CCC[C@]2(C)[C@H]1CC[C@H](C)CC. The van der Waals surface area contributed by atoms with Gasteiger partial charge in [0.2, 0.25) is 0 Å². The number of carboxylic acids is 1. The van der Waals surface area contributed by atoms with Gasteiger partial charge in [-0.1, -0.05) is 52.2 Å². The molecule has 2 aliphatic carbocycles. The monoisotopic (exact) mass is 306 g/mol. The lowest BCUT2D eigenvalue weighted by Gasteiger charge is -2.57. The second-order valence-corrected chi connectivity index (χ2v) is 8.47. The summed E-state index contributed by atoms with van der Waals surface area (Å²) in [5, 5.41) is 9.84. The Balaban J connectivity index is 2.26. The first-order valence-corrected chi connectivity index (χ1v) is 9.16. The standard InChI is InChI=1S/C20H34O2/c1-6-14(2)8-10-16-15(3)9-11-17-19(16,4)12-7-13-20(17,5)18(21)22/h14,16-17H,3,6-13H2,1-2,4-5H3,(H,21,22)/t14-,16+,17?,19-,20-/m1/s1. The van der Waals surface area contributed by atoms with Crippen LogP contribution in [0.4, 0.5) is 0 Å². The third kappa shape index (κ3) is 2.86. The maximum atomic E-state index is 12.0. The van der Waals surface area contributed by atoms with Gasteiger partial charge in [-0.05, 0) is 62.2 Å².